The Kier molecular flexibility index (Phi) is 5.95. The van der Waals surface area contributed by atoms with E-state index in [9.17, 15) is 14.0 Å². The molecule has 34 heavy (non-hydrogen) atoms. The Hall–Kier alpha value is -4.19. The summed E-state index contributed by atoms with van der Waals surface area (Å²) in [7, 11) is 0. The van der Waals surface area contributed by atoms with E-state index in [0.717, 1.165) is 33.2 Å². The van der Waals surface area contributed by atoms with Gasteiger partial charge in [-0.3, -0.25) is 9.59 Å². The van der Waals surface area contributed by atoms with Crippen molar-refractivity contribution in [3.05, 3.63) is 102 Å². The second-order valence-electron chi connectivity index (χ2n) is 8.34. The minimum Gasteiger partial charge on any atom is -0.360 e. The van der Waals surface area contributed by atoms with E-state index in [1.54, 1.807) is 23.1 Å². The first-order valence-electron chi connectivity index (χ1n) is 11.3. The quantitative estimate of drug-likeness (QED) is 0.446. The molecule has 1 aliphatic rings. The van der Waals surface area contributed by atoms with E-state index < -0.39 is 0 Å². The Balaban J connectivity index is 1.17. The summed E-state index contributed by atoms with van der Waals surface area (Å²) >= 11 is 0. The maximum Gasteiger partial charge on any atom is 0.251 e. The number of aromatic amines is 1. The average molecular weight is 454 g/mol. The summed E-state index contributed by atoms with van der Waals surface area (Å²) in [6.45, 7) is 0.999. The first-order valence-corrected chi connectivity index (χ1v) is 11.3. The maximum atomic E-state index is 13.4. The summed E-state index contributed by atoms with van der Waals surface area (Å²) in [6, 6.07) is 22.0. The normalized spacial score (nSPS) is 13.6. The van der Waals surface area contributed by atoms with Crippen molar-refractivity contribution in [2.45, 2.75) is 6.42 Å². The summed E-state index contributed by atoms with van der Waals surface area (Å²) in [4.78, 5) is 30.0. The number of carbonyl (C=O) groups is 2. The number of fused-ring (bicyclic) bond motifs is 1. The smallest absolute Gasteiger partial charge is 0.251 e. The molecule has 0 saturated carbocycles. The molecule has 0 radical (unpaired) electrons. The van der Waals surface area contributed by atoms with Crippen molar-refractivity contribution in [2.75, 3.05) is 19.6 Å². The first kappa shape index (κ1) is 21.6. The highest BCUT2D eigenvalue weighted by atomic mass is 19.1. The number of amides is 2. The molecule has 1 aromatic heterocycles. The lowest BCUT2D eigenvalue weighted by molar-refractivity contribution is -0.129. The van der Waals surface area contributed by atoms with Gasteiger partial charge in [0.1, 0.15) is 5.82 Å². The summed E-state index contributed by atoms with van der Waals surface area (Å²) in [5.74, 6) is -0.665. The van der Waals surface area contributed by atoms with Gasteiger partial charge in [-0.1, -0.05) is 48.5 Å². The zero-order valence-corrected chi connectivity index (χ0v) is 18.6. The Bertz CT molecular complexity index is 1370. The number of H-pyrrole nitrogens is 1. The second-order valence-corrected chi connectivity index (χ2v) is 8.34. The third kappa shape index (κ3) is 4.48. The number of halogens is 1. The minimum atomic E-state index is -0.274. The van der Waals surface area contributed by atoms with E-state index in [2.05, 4.69) is 10.3 Å². The van der Waals surface area contributed by atoms with Crippen LogP contribution in [0.25, 0.3) is 27.6 Å². The molecule has 2 heterocycles. The Labute approximate surface area is 196 Å². The van der Waals surface area contributed by atoms with Crippen LogP contribution in [0.1, 0.15) is 22.3 Å². The number of benzene rings is 3. The number of hydrogen-bond acceptors (Lipinski definition) is 2. The molecular weight excluding hydrogens is 429 g/mol. The fourth-order valence-corrected chi connectivity index (χ4v) is 4.32. The highest BCUT2D eigenvalue weighted by Crippen LogP contribution is 2.29. The van der Waals surface area contributed by atoms with Crippen molar-refractivity contribution in [3.8, 4) is 11.1 Å². The van der Waals surface area contributed by atoms with Gasteiger partial charge in [0.15, 0.2) is 0 Å². The number of rotatable bonds is 5. The van der Waals surface area contributed by atoms with Gasteiger partial charge in [-0.15, -0.1) is 0 Å². The summed E-state index contributed by atoms with van der Waals surface area (Å²) in [6.07, 6.45) is 4.61. The van der Waals surface area contributed by atoms with E-state index in [4.69, 9.17) is 0 Å². The van der Waals surface area contributed by atoms with E-state index in [1.807, 2.05) is 54.7 Å². The molecule has 0 atom stereocenters. The van der Waals surface area contributed by atoms with Crippen LogP contribution in [0.4, 0.5) is 4.39 Å². The van der Waals surface area contributed by atoms with Crippen LogP contribution in [0.2, 0.25) is 0 Å². The molecular formula is C28H24FN3O2. The van der Waals surface area contributed by atoms with Crippen molar-refractivity contribution in [1.82, 2.24) is 15.2 Å². The molecule has 2 N–H and O–H groups in total. The fourth-order valence-electron chi connectivity index (χ4n) is 4.32. The van der Waals surface area contributed by atoms with E-state index in [0.29, 0.717) is 25.1 Å². The van der Waals surface area contributed by atoms with E-state index >= 15 is 0 Å². The predicted molar refractivity (Wildman–Crippen MR) is 132 cm³/mol. The van der Waals surface area contributed by atoms with Gasteiger partial charge in [0.2, 0.25) is 5.91 Å². The Morgan fingerprint density at radius 3 is 2.47 bits per heavy atom. The fraction of sp³-hybridized carbons (Fsp3) is 0.143. The van der Waals surface area contributed by atoms with Crippen molar-refractivity contribution in [3.63, 3.8) is 0 Å². The van der Waals surface area contributed by atoms with Gasteiger partial charge in [-0.05, 0) is 53.5 Å². The van der Waals surface area contributed by atoms with Gasteiger partial charge in [0, 0.05) is 41.3 Å². The van der Waals surface area contributed by atoms with E-state index in [-0.39, 0.29) is 24.2 Å². The number of aromatic nitrogens is 1. The average Bonchev–Trinajstić information content (AvgIpc) is 3.31. The standard InChI is InChI=1S/C28H24FN3O2/c29-23-10-11-24-25(17-30-26(24)16-23)21-12-14-32(15-13-21)27(33)18-31-28(34)22-8-6-20(7-9-22)19-4-2-1-3-5-19/h1-12,16-17,30H,13-15,18H2,(H,31,34). The third-order valence-corrected chi connectivity index (χ3v) is 6.21. The van der Waals surface area contributed by atoms with Crippen LogP contribution in [0.15, 0.2) is 85.1 Å². The lowest BCUT2D eigenvalue weighted by Gasteiger charge is -2.26. The number of carbonyl (C=O) groups excluding carboxylic acids is 2. The third-order valence-electron chi connectivity index (χ3n) is 6.21. The molecule has 0 saturated heterocycles. The molecule has 4 aromatic rings. The van der Waals surface area contributed by atoms with Crippen LogP contribution in [-0.4, -0.2) is 41.3 Å². The van der Waals surface area contributed by atoms with Crippen molar-refractivity contribution >= 4 is 28.3 Å². The van der Waals surface area contributed by atoms with Gasteiger partial charge < -0.3 is 15.2 Å². The van der Waals surface area contributed by atoms with Crippen molar-refractivity contribution < 1.29 is 14.0 Å². The molecule has 0 bridgehead atoms. The lowest BCUT2D eigenvalue weighted by Crippen LogP contribution is -2.42. The van der Waals surface area contributed by atoms with Crippen LogP contribution < -0.4 is 5.32 Å². The van der Waals surface area contributed by atoms with Gasteiger partial charge in [0.25, 0.3) is 5.91 Å². The predicted octanol–water partition coefficient (Wildman–Crippen LogP) is 5.02. The molecule has 170 valence electrons. The van der Waals surface area contributed by atoms with E-state index in [1.165, 1.54) is 12.1 Å². The molecule has 1 aliphatic heterocycles. The number of nitrogens with one attached hydrogen (secondary N) is 2. The molecule has 0 spiro atoms. The van der Waals surface area contributed by atoms with Gasteiger partial charge in [0.05, 0.1) is 6.54 Å². The summed E-state index contributed by atoms with van der Waals surface area (Å²) < 4.78 is 13.4. The first-order chi connectivity index (χ1) is 16.6. The van der Waals surface area contributed by atoms with Gasteiger partial charge in [-0.25, -0.2) is 4.39 Å². The molecule has 0 fully saturated rings. The van der Waals surface area contributed by atoms with Crippen LogP contribution in [0.3, 0.4) is 0 Å². The topological polar surface area (TPSA) is 65.2 Å². The maximum absolute atomic E-state index is 13.4. The van der Waals surface area contributed by atoms with Gasteiger partial charge in [-0.2, -0.15) is 0 Å². The zero-order valence-electron chi connectivity index (χ0n) is 18.6. The molecule has 3 aromatic carbocycles. The highest BCUT2D eigenvalue weighted by molar-refractivity contribution is 5.97. The highest BCUT2D eigenvalue weighted by Gasteiger charge is 2.20. The van der Waals surface area contributed by atoms with Gasteiger partial charge >= 0.3 is 0 Å². The minimum absolute atomic E-state index is 0.0468. The molecule has 5 nitrogen and oxygen atoms in total. The molecule has 5 rings (SSSR count). The number of nitrogens with zero attached hydrogens (tertiary/aromatic N) is 1. The summed E-state index contributed by atoms with van der Waals surface area (Å²) in [5.41, 5.74) is 5.56. The SMILES string of the molecule is O=C(NCC(=O)N1CC=C(c2c[nH]c3cc(F)ccc23)CC1)c1ccc(-c2ccccc2)cc1. The molecule has 2 amide bonds. The monoisotopic (exact) mass is 453 g/mol. The zero-order chi connectivity index (χ0) is 23.5. The number of hydrogen-bond donors (Lipinski definition) is 2. The summed E-state index contributed by atoms with van der Waals surface area (Å²) in [5, 5.41) is 3.70. The Morgan fingerprint density at radius 2 is 1.74 bits per heavy atom. The second kappa shape index (κ2) is 9.35. The van der Waals surface area contributed by atoms with Crippen molar-refractivity contribution in [1.29, 1.82) is 0 Å². The largest absolute Gasteiger partial charge is 0.360 e. The van der Waals surface area contributed by atoms with Crippen LogP contribution in [-0.2, 0) is 4.79 Å². The lowest BCUT2D eigenvalue weighted by atomic mass is 9.99. The molecule has 0 unspecified atom stereocenters. The Morgan fingerprint density at radius 1 is 0.971 bits per heavy atom. The molecule has 6 heteroatoms. The van der Waals surface area contributed by atoms with Crippen LogP contribution >= 0.6 is 0 Å². The molecule has 0 aliphatic carbocycles. The van der Waals surface area contributed by atoms with Crippen molar-refractivity contribution in [2.24, 2.45) is 0 Å². The van der Waals surface area contributed by atoms with Crippen LogP contribution in [0.5, 0.6) is 0 Å². The van der Waals surface area contributed by atoms with Crippen LogP contribution in [0, 0.1) is 5.82 Å².